The van der Waals surface area contributed by atoms with E-state index in [0.717, 1.165) is 0 Å². The van der Waals surface area contributed by atoms with Crippen LogP contribution in [0.4, 0.5) is 11.4 Å². The molecule has 0 aliphatic carbocycles. The van der Waals surface area contributed by atoms with Crippen molar-refractivity contribution in [1.82, 2.24) is 9.55 Å². The third kappa shape index (κ3) is 2.85. The first kappa shape index (κ1) is 12.1. The summed E-state index contributed by atoms with van der Waals surface area (Å²) in [6, 6.07) is 6.71. The summed E-state index contributed by atoms with van der Waals surface area (Å²) in [6.45, 7) is 2.67. The van der Waals surface area contributed by atoms with E-state index in [9.17, 15) is 10.1 Å². The minimum Gasteiger partial charge on any atom is -0.375 e. The van der Waals surface area contributed by atoms with Crippen molar-refractivity contribution in [3.05, 3.63) is 53.1 Å². The summed E-state index contributed by atoms with van der Waals surface area (Å²) >= 11 is 0. The number of nitro groups is 1. The number of nitrogens with zero attached hydrogens (tertiary/aromatic N) is 3. The molecule has 1 aromatic heterocycles. The Morgan fingerprint density at radius 2 is 2.28 bits per heavy atom. The van der Waals surface area contributed by atoms with Crippen molar-refractivity contribution in [1.29, 1.82) is 0 Å². The lowest BCUT2D eigenvalue weighted by atomic mass is 10.2. The summed E-state index contributed by atoms with van der Waals surface area (Å²) in [5.41, 5.74) is 0.630. The number of para-hydroxylation sites is 2. The fourth-order valence-electron chi connectivity index (χ4n) is 1.78. The lowest BCUT2D eigenvalue weighted by Crippen LogP contribution is -2.21. The summed E-state index contributed by atoms with van der Waals surface area (Å²) in [4.78, 5) is 14.4. The van der Waals surface area contributed by atoms with Gasteiger partial charge < -0.3 is 9.88 Å². The Kier molecular flexibility index (Phi) is 3.57. The lowest BCUT2D eigenvalue weighted by Gasteiger charge is -2.15. The molecule has 94 valence electrons. The van der Waals surface area contributed by atoms with E-state index in [1.807, 2.05) is 17.7 Å². The van der Waals surface area contributed by atoms with Gasteiger partial charge in [0.1, 0.15) is 5.69 Å². The Balaban J connectivity index is 2.07. The fourth-order valence-corrected chi connectivity index (χ4v) is 1.78. The molecule has 0 saturated carbocycles. The molecule has 0 spiro atoms. The van der Waals surface area contributed by atoms with E-state index in [1.165, 1.54) is 6.07 Å². The Bertz CT molecular complexity index is 525. The number of rotatable bonds is 5. The van der Waals surface area contributed by atoms with Gasteiger partial charge in [-0.25, -0.2) is 4.98 Å². The summed E-state index contributed by atoms with van der Waals surface area (Å²) in [5.74, 6) is 0. The van der Waals surface area contributed by atoms with Gasteiger partial charge in [-0.15, -0.1) is 0 Å². The molecular formula is C12H14N4O2. The topological polar surface area (TPSA) is 73.0 Å². The number of hydrogen-bond acceptors (Lipinski definition) is 4. The van der Waals surface area contributed by atoms with Gasteiger partial charge in [-0.2, -0.15) is 0 Å². The van der Waals surface area contributed by atoms with Crippen LogP contribution in [-0.2, 0) is 6.54 Å². The number of hydrogen-bond donors (Lipinski definition) is 1. The van der Waals surface area contributed by atoms with Crippen LogP contribution in [0.5, 0.6) is 0 Å². The largest absolute Gasteiger partial charge is 0.375 e. The highest BCUT2D eigenvalue weighted by atomic mass is 16.6. The zero-order valence-corrected chi connectivity index (χ0v) is 9.98. The van der Waals surface area contributed by atoms with E-state index in [1.54, 1.807) is 30.7 Å². The molecule has 2 aromatic rings. The molecule has 18 heavy (non-hydrogen) atoms. The second-order valence-corrected chi connectivity index (χ2v) is 4.08. The molecule has 1 unspecified atom stereocenters. The monoisotopic (exact) mass is 246 g/mol. The molecule has 1 aromatic carbocycles. The van der Waals surface area contributed by atoms with Gasteiger partial charge >= 0.3 is 0 Å². The number of nitro benzene ring substituents is 1. The van der Waals surface area contributed by atoms with Crippen LogP contribution < -0.4 is 5.32 Å². The molecule has 6 heteroatoms. The maximum absolute atomic E-state index is 10.9. The summed E-state index contributed by atoms with van der Waals surface area (Å²) in [7, 11) is 0. The van der Waals surface area contributed by atoms with Gasteiger partial charge in [-0.3, -0.25) is 10.1 Å². The molecule has 0 amide bonds. The smallest absolute Gasteiger partial charge is 0.292 e. The van der Waals surface area contributed by atoms with E-state index in [2.05, 4.69) is 10.3 Å². The highest BCUT2D eigenvalue weighted by molar-refractivity contribution is 5.61. The van der Waals surface area contributed by atoms with Gasteiger partial charge in [0, 0.05) is 31.0 Å². The van der Waals surface area contributed by atoms with Crippen molar-refractivity contribution in [3.8, 4) is 0 Å². The van der Waals surface area contributed by atoms with Crippen LogP contribution in [0.2, 0.25) is 0 Å². The quantitative estimate of drug-likeness (QED) is 0.649. The SMILES string of the molecule is CC(Cn1ccnc1)Nc1ccccc1[N+](=O)[O-]. The predicted octanol–water partition coefficient (Wildman–Crippen LogP) is 2.29. The van der Waals surface area contributed by atoms with E-state index < -0.39 is 0 Å². The second kappa shape index (κ2) is 5.31. The van der Waals surface area contributed by atoms with Crippen LogP contribution in [0, 0.1) is 10.1 Å². The van der Waals surface area contributed by atoms with Crippen molar-refractivity contribution in [2.75, 3.05) is 5.32 Å². The van der Waals surface area contributed by atoms with Crippen molar-refractivity contribution in [3.63, 3.8) is 0 Å². The molecule has 1 N–H and O–H groups in total. The second-order valence-electron chi connectivity index (χ2n) is 4.08. The van der Waals surface area contributed by atoms with Gasteiger partial charge in [-0.1, -0.05) is 12.1 Å². The van der Waals surface area contributed by atoms with Gasteiger partial charge in [0.25, 0.3) is 5.69 Å². The maximum atomic E-state index is 10.9. The van der Waals surface area contributed by atoms with Crippen LogP contribution in [0.15, 0.2) is 43.0 Å². The average molecular weight is 246 g/mol. The van der Waals surface area contributed by atoms with Gasteiger partial charge in [-0.05, 0) is 13.0 Å². The number of aromatic nitrogens is 2. The van der Waals surface area contributed by atoms with Gasteiger partial charge in [0.2, 0.25) is 0 Å². The highest BCUT2D eigenvalue weighted by Gasteiger charge is 2.14. The number of imidazole rings is 1. The summed E-state index contributed by atoms with van der Waals surface area (Å²) < 4.78 is 1.92. The number of benzene rings is 1. The van der Waals surface area contributed by atoms with Crippen LogP contribution >= 0.6 is 0 Å². The average Bonchev–Trinajstić information content (AvgIpc) is 2.82. The lowest BCUT2D eigenvalue weighted by molar-refractivity contribution is -0.384. The predicted molar refractivity (Wildman–Crippen MR) is 68.4 cm³/mol. The molecule has 0 aliphatic heterocycles. The fraction of sp³-hybridized carbons (Fsp3) is 0.250. The van der Waals surface area contributed by atoms with E-state index in [4.69, 9.17) is 0 Å². The Hall–Kier alpha value is -2.37. The molecule has 6 nitrogen and oxygen atoms in total. The Labute approximate surface area is 104 Å². The summed E-state index contributed by atoms with van der Waals surface area (Å²) in [5, 5.41) is 14.0. The minimum absolute atomic E-state index is 0.0697. The van der Waals surface area contributed by atoms with Crippen LogP contribution in [0.25, 0.3) is 0 Å². The molecule has 0 bridgehead atoms. The first-order valence-corrected chi connectivity index (χ1v) is 5.62. The van der Waals surface area contributed by atoms with Gasteiger partial charge in [0.15, 0.2) is 0 Å². The van der Waals surface area contributed by atoms with Crippen LogP contribution in [0.1, 0.15) is 6.92 Å². The molecule has 1 heterocycles. The van der Waals surface area contributed by atoms with E-state index >= 15 is 0 Å². The van der Waals surface area contributed by atoms with Gasteiger partial charge in [0.05, 0.1) is 11.3 Å². The molecule has 0 saturated heterocycles. The summed E-state index contributed by atoms with van der Waals surface area (Å²) in [6.07, 6.45) is 5.28. The Morgan fingerprint density at radius 1 is 1.50 bits per heavy atom. The normalized spacial score (nSPS) is 12.1. The zero-order valence-electron chi connectivity index (χ0n) is 9.98. The maximum Gasteiger partial charge on any atom is 0.292 e. The third-order valence-corrected chi connectivity index (χ3v) is 2.55. The van der Waals surface area contributed by atoms with E-state index in [-0.39, 0.29) is 16.7 Å². The first-order chi connectivity index (χ1) is 8.66. The molecule has 0 radical (unpaired) electrons. The molecule has 0 aliphatic rings. The van der Waals surface area contributed by atoms with Crippen molar-refractivity contribution in [2.24, 2.45) is 0 Å². The number of nitrogens with one attached hydrogen (secondary N) is 1. The van der Waals surface area contributed by atoms with Crippen molar-refractivity contribution < 1.29 is 4.92 Å². The molecule has 1 atom stereocenters. The Morgan fingerprint density at radius 3 is 2.94 bits per heavy atom. The van der Waals surface area contributed by atoms with E-state index in [0.29, 0.717) is 12.2 Å². The number of anilines is 1. The highest BCUT2D eigenvalue weighted by Crippen LogP contribution is 2.23. The zero-order chi connectivity index (χ0) is 13.0. The molecular weight excluding hydrogens is 232 g/mol. The van der Waals surface area contributed by atoms with Crippen molar-refractivity contribution in [2.45, 2.75) is 19.5 Å². The minimum atomic E-state index is -0.383. The molecule has 2 rings (SSSR count). The third-order valence-electron chi connectivity index (χ3n) is 2.55. The standard InChI is InChI=1S/C12H14N4O2/c1-10(8-15-7-6-13-9-15)14-11-4-2-3-5-12(11)16(17)18/h2-7,9-10,14H,8H2,1H3. The van der Waals surface area contributed by atoms with Crippen molar-refractivity contribution >= 4 is 11.4 Å². The van der Waals surface area contributed by atoms with Crippen LogP contribution in [-0.4, -0.2) is 20.5 Å². The molecule has 0 fully saturated rings. The van der Waals surface area contributed by atoms with Crippen LogP contribution in [0.3, 0.4) is 0 Å². The first-order valence-electron chi connectivity index (χ1n) is 5.62.